The molecule has 0 aliphatic heterocycles. The molecule has 8 nitrogen and oxygen atoms in total. The molecule has 0 unspecified atom stereocenters. The first-order chi connectivity index (χ1) is 13.7. The van der Waals surface area contributed by atoms with Crippen molar-refractivity contribution in [3.63, 3.8) is 0 Å². The molecule has 1 aliphatic carbocycles. The van der Waals surface area contributed by atoms with E-state index in [0.29, 0.717) is 24.1 Å². The normalized spacial score (nSPS) is 14.4. The first-order valence-corrected chi connectivity index (χ1v) is 9.60. The van der Waals surface area contributed by atoms with Gasteiger partial charge < -0.3 is 14.8 Å². The van der Waals surface area contributed by atoms with Crippen molar-refractivity contribution in [3.05, 3.63) is 44.2 Å². The van der Waals surface area contributed by atoms with Gasteiger partial charge in [0.05, 0.1) is 17.2 Å². The summed E-state index contributed by atoms with van der Waals surface area (Å²) in [6.07, 6.45) is 0.842. The number of aromatic amines is 1. The van der Waals surface area contributed by atoms with Crippen molar-refractivity contribution in [2.24, 2.45) is 5.41 Å². The van der Waals surface area contributed by atoms with Crippen LogP contribution in [0.5, 0.6) is 11.6 Å². The molecule has 154 valence electrons. The smallest absolute Gasteiger partial charge is 0.321 e. The van der Waals surface area contributed by atoms with Crippen LogP contribution >= 0.6 is 23.2 Å². The van der Waals surface area contributed by atoms with Crippen LogP contribution in [0, 0.1) is 5.41 Å². The lowest BCUT2D eigenvalue weighted by Gasteiger charge is -2.15. The summed E-state index contributed by atoms with van der Waals surface area (Å²) in [5.41, 5.74) is -0.647. The number of hydrogen-bond acceptors (Lipinski definition) is 6. The monoisotopic (exact) mass is 439 g/mol. The minimum absolute atomic E-state index is 0.0304. The fourth-order valence-electron chi connectivity index (χ4n) is 2.81. The van der Waals surface area contributed by atoms with Crippen LogP contribution in [0.4, 0.5) is 5.69 Å². The molecule has 1 aliphatic rings. The summed E-state index contributed by atoms with van der Waals surface area (Å²) in [4.78, 5) is 36.1. The van der Waals surface area contributed by atoms with E-state index in [4.69, 9.17) is 32.7 Å². The van der Waals surface area contributed by atoms with E-state index in [1.54, 1.807) is 0 Å². The van der Waals surface area contributed by atoms with Gasteiger partial charge in [-0.15, -0.1) is 5.10 Å². The predicted octanol–water partition coefficient (Wildman–Crippen LogP) is 3.88. The first kappa shape index (κ1) is 21.1. The second kappa shape index (κ2) is 8.04. The molecule has 2 N–H and O–H groups in total. The van der Waals surface area contributed by atoms with Gasteiger partial charge in [-0.1, -0.05) is 37.0 Å². The number of ether oxygens (including phenoxy) is 2. The van der Waals surface area contributed by atoms with Crippen molar-refractivity contribution in [1.82, 2.24) is 10.2 Å². The Morgan fingerprint density at radius 2 is 1.83 bits per heavy atom. The van der Waals surface area contributed by atoms with Crippen LogP contribution in [0.2, 0.25) is 10.0 Å². The van der Waals surface area contributed by atoms with Crippen LogP contribution in [0.25, 0.3) is 0 Å². The van der Waals surface area contributed by atoms with E-state index in [9.17, 15) is 14.4 Å². The highest BCUT2D eigenvalue weighted by atomic mass is 35.5. The molecule has 3 rings (SSSR count). The Labute approximate surface area is 176 Å². The van der Waals surface area contributed by atoms with Gasteiger partial charge in [0.1, 0.15) is 5.41 Å². The topological polar surface area (TPSA) is 110 Å². The lowest BCUT2D eigenvalue weighted by molar-refractivity contribution is -0.150. The Bertz CT molecular complexity index is 1010. The second-order valence-electron chi connectivity index (χ2n) is 7.04. The van der Waals surface area contributed by atoms with E-state index in [1.807, 2.05) is 13.8 Å². The van der Waals surface area contributed by atoms with E-state index < -0.39 is 17.3 Å². The van der Waals surface area contributed by atoms with Gasteiger partial charge in [-0.3, -0.25) is 14.4 Å². The van der Waals surface area contributed by atoms with E-state index >= 15 is 0 Å². The van der Waals surface area contributed by atoms with E-state index in [1.165, 1.54) is 25.3 Å². The lowest BCUT2D eigenvalue weighted by Crippen LogP contribution is -2.32. The predicted molar refractivity (Wildman–Crippen MR) is 108 cm³/mol. The maximum atomic E-state index is 12.5. The Balaban J connectivity index is 1.82. The Morgan fingerprint density at radius 3 is 2.34 bits per heavy atom. The zero-order valence-electron chi connectivity index (χ0n) is 16.0. The molecule has 1 aromatic heterocycles. The zero-order valence-corrected chi connectivity index (χ0v) is 17.5. The quantitative estimate of drug-likeness (QED) is 0.521. The van der Waals surface area contributed by atoms with Crippen molar-refractivity contribution in [2.45, 2.75) is 32.6 Å². The minimum atomic E-state index is -1.16. The summed E-state index contributed by atoms with van der Waals surface area (Å²) in [7, 11) is 1.24. The number of rotatable bonds is 6. The van der Waals surface area contributed by atoms with Gasteiger partial charge >= 0.3 is 5.97 Å². The molecule has 0 radical (unpaired) electrons. The van der Waals surface area contributed by atoms with Gasteiger partial charge in [-0.05, 0) is 30.9 Å². The summed E-state index contributed by atoms with van der Waals surface area (Å²) in [5.74, 6) is -0.838. The summed E-state index contributed by atoms with van der Waals surface area (Å²) in [6, 6.07) is 4.41. The number of halogens is 2. The Kier molecular flexibility index (Phi) is 5.86. The van der Waals surface area contributed by atoms with E-state index in [0.717, 1.165) is 0 Å². The van der Waals surface area contributed by atoms with E-state index in [-0.39, 0.29) is 33.2 Å². The molecule has 0 atom stereocenters. The maximum Gasteiger partial charge on any atom is 0.321 e. The largest absolute Gasteiger partial charge is 0.468 e. The van der Waals surface area contributed by atoms with Crippen molar-refractivity contribution in [2.75, 3.05) is 12.4 Å². The van der Waals surface area contributed by atoms with Crippen LogP contribution in [0.15, 0.2) is 23.0 Å². The van der Waals surface area contributed by atoms with Gasteiger partial charge in [-0.2, -0.15) is 0 Å². The van der Waals surface area contributed by atoms with Gasteiger partial charge in [0.25, 0.3) is 5.56 Å². The third-order valence-electron chi connectivity index (χ3n) is 4.65. The SMILES string of the molecule is COC(=O)C1(C(=O)Nc2cc(Cl)c(Oc3cc(C(C)C)c(=O)[nH]n3)c(Cl)c2)CC1. The second-order valence-corrected chi connectivity index (χ2v) is 7.86. The Morgan fingerprint density at radius 1 is 1.21 bits per heavy atom. The number of benzene rings is 1. The molecule has 1 amide bonds. The number of esters is 1. The number of nitrogens with one attached hydrogen (secondary N) is 2. The highest BCUT2D eigenvalue weighted by molar-refractivity contribution is 6.37. The fraction of sp³-hybridized carbons (Fsp3) is 0.368. The molecule has 1 aromatic carbocycles. The number of methoxy groups -OCH3 is 1. The van der Waals surface area contributed by atoms with Crippen LogP contribution in [-0.2, 0) is 14.3 Å². The van der Waals surface area contributed by atoms with Gasteiger partial charge in [0.2, 0.25) is 11.8 Å². The standard InChI is InChI=1S/C19H19Cl2N3O5/c1-9(2)11-8-14(23-24-16(11)25)29-15-12(20)6-10(7-13(15)21)22-17(26)19(4-5-19)18(27)28-3/h6-9H,4-5H2,1-3H3,(H,22,26)(H,24,25). The van der Waals surface area contributed by atoms with Gasteiger partial charge in [0.15, 0.2) is 5.75 Å². The number of hydrogen-bond donors (Lipinski definition) is 2. The number of nitrogens with zero attached hydrogens (tertiary/aromatic N) is 1. The van der Waals surface area contributed by atoms with Crippen molar-refractivity contribution in [1.29, 1.82) is 0 Å². The van der Waals surface area contributed by atoms with Crippen LogP contribution < -0.4 is 15.6 Å². The molecule has 1 saturated carbocycles. The van der Waals surface area contributed by atoms with Gasteiger partial charge in [0, 0.05) is 17.3 Å². The molecule has 10 heteroatoms. The summed E-state index contributed by atoms with van der Waals surface area (Å²) in [6.45, 7) is 3.74. The van der Waals surface area contributed by atoms with Crippen molar-refractivity contribution >= 4 is 40.8 Å². The number of amides is 1. The molecular weight excluding hydrogens is 421 g/mol. The Hall–Kier alpha value is -2.58. The van der Waals surface area contributed by atoms with Crippen LogP contribution in [0.1, 0.15) is 38.2 Å². The van der Waals surface area contributed by atoms with Crippen LogP contribution in [-0.4, -0.2) is 29.2 Å². The lowest BCUT2D eigenvalue weighted by atomic mass is 10.1. The molecule has 1 heterocycles. The molecule has 0 bridgehead atoms. The highest BCUT2D eigenvalue weighted by Crippen LogP contribution is 2.48. The molecule has 2 aromatic rings. The molecule has 1 fully saturated rings. The van der Waals surface area contributed by atoms with Crippen LogP contribution in [0.3, 0.4) is 0 Å². The number of H-pyrrole nitrogens is 1. The highest BCUT2D eigenvalue weighted by Gasteiger charge is 2.57. The number of anilines is 1. The maximum absolute atomic E-state index is 12.5. The first-order valence-electron chi connectivity index (χ1n) is 8.84. The summed E-state index contributed by atoms with van der Waals surface area (Å²) >= 11 is 12.5. The molecule has 0 spiro atoms. The third-order valence-corrected chi connectivity index (χ3v) is 5.22. The number of carbonyl (C=O) groups excluding carboxylic acids is 2. The molecular formula is C19H19Cl2N3O5. The van der Waals surface area contributed by atoms with Crippen molar-refractivity contribution in [3.8, 4) is 11.6 Å². The average molecular weight is 440 g/mol. The van der Waals surface area contributed by atoms with Gasteiger partial charge in [-0.25, -0.2) is 5.10 Å². The van der Waals surface area contributed by atoms with E-state index in [2.05, 4.69) is 15.5 Å². The third kappa shape index (κ3) is 4.23. The summed E-state index contributed by atoms with van der Waals surface area (Å²) < 4.78 is 10.3. The fourth-order valence-corrected chi connectivity index (χ4v) is 3.38. The molecule has 0 saturated heterocycles. The van der Waals surface area contributed by atoms with Crippen molar-refractivity contribution < 1.29 is 19.1 Å². The zero-order chi connectivity index (χ0) is 21.3. The number of carbonyl (C=O) groups is 2. The average Bonchev–Trinajstić information content (AvgIpc) is 3.47. The number of aromatic nitrogens is 2. The minimum Gasteiger partial charge on any atom is -0.468 e. The summed E-state index contributed by atoms with van der Waals surface area (Å²) in [5, 5.41) is 9.09. The molecule has 29 heavy (non-hydrogen) atoms.